The molecule has 0 aliphatic heterocycles. The van der Waals surface area contributed by atoms with E-state index in [2.05, 4.69) is 10.3 Å². The van der Waals surface area contributed by atoms with E-state index in [1.165, 1.54) is 24.2 Å². The highest BCUT2D eigenvalue weighted by molar-refractivity contribution is 6.32. The zero-order chi connectivity index (χ0) is 20.1. The monoisotopic (exact) mass is 400 g/mol. The average Bonchev–Trinajstić information content (AvgIpc) is 3.15. The summed E-state index contributed by atoms with van der Waals surface area (Å²) in [4.78, 5) is 40.3. The molecular weight excluding hydrogens is 380 g/mol. The van der Waals surface area contributed by atoms with Crippen molar-refractivity contribution in [2.24, 2.45) is 0 Å². The highest BCUT2D eigenvalue weighted by Crippen LogP contribution is 2.23. The number of aryl methyl sites for hydroxylation is 2. The summed E-state index contributed by atoms with van der Waals surface area (Å²) in [5.74, 6) is -1.23. The number of ether oxygens (including phenoxy) is 1. The van der Waals surface area contributed by atoms with Crippen LogP contribution in [-0.2, 0) is 27.2 Å². The normalized spacial score (nSPS) is 13.5. The summed E-state index contributed by atoms with van der Waals surface area (Å²) >= 11 is 5.89. The molecule has 2 aromatic rings. The van der Waals surface area contributed by atoms with E-state index in [4.69, 9.17) is 16.3 Å². The van der Waals surface area contributed by atoms with Gasteiger partial charge in [-0.3, -0.25) is 14.4 Å². The van der Waals surface area contributed by atoms with Crippen molar-refractivity contribution >= 4 is 34.9 Å². The minimum absolute atomic E-state index is 0.0421. The molecule has 1 heterocycles. The number of benzene rings is 1. The largest absolute Gasteiger partial charge is 0.453 e. The number of fused-ring (bicyclic) bond motifs is 1. The van der Waals surface area contributed by atoms with Gasteiger partial charge < -0.3 is 10.1 Å². The van der Waals surface area contributed by atoms with Crippen LogP contribution in [0.5, 0.6) is 0 Å². The zero-order valence-electron chi connectivity index (χ0n) is 15.5. The third-order valence-electron chi connectivity index (χ3n) is 4.67. The number of aromatic nitrogens is 1. The van der Waals surface area contributed by atoms with Gasteiger partial charge in [-0.1, -0.05) is 23.7 Å². The standard InChI is InChI=1S/C21H21ClN2O4/c1-13(21(27)24-17-6-3-11-23-20(17)22)28-19(26)10-9-18(25)16-8-7-14-4-2-5-15(14)12-16/h3,6-8,11-13H,2,4-5,9-10H2,1H3,(H,24,27)/t13-/m1/s1. The number of halogens is 1. The van der Waals surface area contributed by atoms with Gasteiger partial charge in [-0.2, -0.15) is 0 Å². The number of hydrogen-bond donors (Lipinski definition) is 1. The lowest BCUT2D eigenvalue weighted by Gasteiger charge is -2.14. The lowest BCUT2D eigenvalue weighted by atomic mass is 10.0. The number of nitrogens with one attached hydrogen (secondary N) is 1. The number of ketones is 1. The Morgan fingerprint density at radius 1 is 1.18 bits per heavy atom. The molecule has 3 rings (SSSR count). The van der Waals surface area contributed by atoms with Gasteiger partial charge in [0, 0.05) is 18.2 Å². The van der Waals surface area contributed by atoms with Crippen LogP contribution in [0.2, 0.25) is 5.15 Å². The van der Waals surface area contributed by atoms with Crippen molar-refractivity contribution in [1.82, 2.24) is 4.98 Å². The number of Topliss-reactive ketones (excluding diaryl/α,β-unsaturated/α-hetero) is 1. The number of esters is 1. The van der Waals surface area contributed by atoms with Gasteiger partial charge in [0.15, 0.2) is 17.0 Å². The minimum atomic E-state index is -1.01. The first-order valence-electron chi connectivity index (χ1n) is 9.20. The van der Waals surface area contributed by atoms with Crippen molar-refractivity contribution in [2.75, 3.05) is 5.32 Å². The van der Waals surface area contributed by atoms with Crippen LogP contribution in [0.15, 0.2) is 36.5 Å². The highest BCUT2D eigenvalue weighted by Gasteiger charge is 2.20. The highest BCUT2D eigenvalue weighted by atomic mass is 35.5. The number of rotatable bonds is 7. The van der Waals surface area contributed by atoms with E-state index >= 15 is 0 Å². The Hall–Kier alpha value is -2.73. The second-order valence-corrected chi connectivity index (χ2v) is 7.08. The summed E-state index contributed by atoms with van der Waals surface area (Å²) in [5.41, 5.74) is 3.46. The summed E-state index contributed by atoms with van der Waals surface area (Å²) in [5, 5.41) is 2.70. The smallest absolute Gasteiger partial charge is 0.307 e. The van der Waals surface area contributed by atoms with Crippen LogP contribution in [0.1, 0.15) is 47.7 Å². The molecule has 146 valence electrons. The second-order valence-electron chi connectivity index (χ2n) is 6.72. The maximum Gasteiger partial charge on any atom is 0.307 e. The summed E-state index contributed by atoms with van der Waals surface area (Å²) in [7, 11) is 0. The van der Waals surface area contributed by atoms with Crippen LogP contribution >= 0.6 is 11.6 Å². The Balaban J connectivity index is 1.47. The molecule has 1 aliphatic carbocycles. The van der Waals surface area contributed by atoms with Crippen LogP contribution in [0.4, 0.5) is 5.69 Å². The molecule has 0 fully saturated rings. The van der Waals surface area contributed by atoms with Crippen molar-refractivity contribution < 1.29 is 19.1 Å². The average molecular weight is 401 g/mol. The van der Waals surface area contributed by atoms with Gasteiger partial charge in [0.25, 0.3) is 5.91 Å². The van der Waals surface area contributed by atoms with Crippen LogP contribution in [0.3, 0.4) is 0 Å². The Labute approximate surface area is 168 Å². The van der Waals surface area contributed by atoms with E-state index in [0.717, 1.165) is 19.3 Å². The molecule has 0 unspecified atom stereocenters. The number of carbonyl (C=O) groups excluding carboxylic acids is 3. The summed E-state index contributed by atoms with van der Waals surface area (Å²) in [6.45, 7) is 1.46. The van der Waals surface area contributed by atoms with Gasteiger partial charge in [-0.25, -0.2) is 4.98 Å². The Morgan fingerprint density at radius 2 is 1.96 bits per heavy atom. The maximum atomic E-state index is 12.3. The van der Waals surface area contributed by atoms with Gasteiger partial charge in [-0.05, 0) is 55.5 Å². The molecule has 1 aromatic carbocycles. The molecule has 0 saturated carbocycles. The molecule has 1 amide bonds. The van der Waals surface area contributed by atoms with Crippen molar-refractivity contribution in [3.05, 3.63) is 58.4 Å². The molecule has 1 N–H and O–H groups in total. The predicted octanol–water partition coefficient (Wildman–Crippen LogP) is 3.76. The van der Waals surface area contributed by atoms with Gasteiger partial charge in [0.1, 0.15) is 0 Å². The van der Waals surface area contributed by atoms with E-state index in [1.54, 1.807) is 12.1 Å². The first-order valence-corrected chi connectivity index (χ1v) is 9.57. The number of hydrogen-bond acceptors (Lipinski definition) is 5. The lowest BCUT2D eigenvalue weighted by Crippen LogP contribution is -2.30. The summed E-state index contributed by atoms with van der Waals surface area (Å²) in [6.07, 6.45) is 3.61. The molecule has 7 heteroatoms. The third-order valence-corrected chi connectivity index (χ3v) is 4.97. The van der Waals surface area contributed by atoms with Gasteiger partial charge in [-0.15, -0.1) is 0 Å². The minimum Gasteiger partial charge on any atom is -0.453 e. The van der Waals surface area contributed by atoms with E-state index < -0.39 is 18.0 Å². The first kappa shape index (κ1) is 20.0. The van der Waals surface area contributed by atoms with E-state index in [0.29, 0.717) is 11.3 Å². The van der Waals surface area contributed by atoms with Crippen molar-refractivity contribution in [1.29, 1.82) is 0 Å². The molecule has 1 atom stereocenters. The Kier molecular flexibility index (Phi) is 6.41. The van der Waals surface area contributed by atoms with Crippen LogP contribution in [0, 0.1) is 0 Å². The van der Waals surface area contributed by atoms with Crippen molar-refractivity contribution in [2.45, 2.75) is 45.1 Å². The van der Waals surface area contributed by atoms with E-state index in [-0.39, 0.29) is 23.8 Å². The molecule has 0 bridgehead atoms. The molecule has 1 aliphatic rings. The van der Waals surface area contributed by atoms with Crippen LogP contribution < -0.4 is 5.32 Å². The second kappa shape index (κ2) is 8.97. The zero-order valence-corrected chi connectivity index (χ0v) is 16.3. The number of amides is 1. The molecule has 0 radical (unpaired) electrons. The van der Waals surface area contributed by atoms with Gasteiger partial charge >= 0.3 is 5.97 Å². The number of anilines is 1. The molecule has 0 spiro atoms. The maximum absolute atomic E-state index is 12.3. The quantitative estimate of drug-likeness (QED) is 0.434. The molecule has 1 aromatic heterocycles. The molecule has 6 nitrogen and oxygen atoms in total. The van der Waals surface area contributed by atoms with Crippen molar-refractivity contribution in [3.63, 3.8) is 0 Å². The predicted molar refractivity (Wildman–Crippen MR) is 105 cm³/mol. The molecule has 28 heavy (non-hydrogen) atoms. The fourth-order valence-corrected chi connectivity index (χ4v) is 3.30. The number of nitrogens with zero attached hydrogens (tertiary/aromatic N) is 1. The Bertz CT molecular complexity index is 913. The van der Waals surface area contributed by atoms with Crippen molar-refractivity contribution in [3.8, 4) is 0 Å². The summed E-state index contributed by atoms with van der Waals surface area (Å²) < 4.78 is 5.12. The van der Waals surface area contributed by atoms with E-state index in [1.807, 2.05) is 18.2 Å². The number of pyridine rings is 1. The number of carbonyl (C=O) groups is 3. The van der Waals surface area contributed by atoms with Gasteiger partial charge in [0.2, 0.25) is 0 Å². The molecular formula is C21H21ClN2O4. The lowest BCUT2D eigenvalue weighted by molar-refractivity contribution is -0.153. The van der Waals surface area contributed by atoms with Gasteiger partial charge in [0.05, 0.1) is 12.1 Å². The SMILES string of the molecule is C[C@@H](OC(=O)CCC(=O)c1ccc2c(c1)CCC2)C(=O)Nc1cccnc1Cl. The van der Waals surface area contributed by atoms with Crippen LogP contribution in [0.25, 0.3) is 0 Å². The molecule has 0 saturated heterocycles. The van der Waals surface area contributed by atoms with Crippen LogP contribution in [-0.4, -0.2) is 28.7 Å². The summed E-state index contributed by atoms with van der Waals surface area (Å²) in [6, 6.07) is 8.94. The third kappa shape index (κ3) is 4.95. The first-order chi connectivity index (χ1) is 13.4. The fraction of sp³-hybridized carbons (Fsp3) is 0.333. The Morgan fingerprint density at radius 3 is 2.75 bits per heavy atom. The van der Waals surface area contributed by atoms with E-state index in [9.17, 15) is 14.4 Å². The fourth-order valence-electron chi connectivity index (χ4n) is 3.13. The topological polar surface area (TPSA) is 85.4 Å².